The summed E-state index contributed by atoms with van der Waals surface area (Å²) < 4.78 is 18.4. The summed E-state index contributed by atoms with van der Waals surface area (Å²) in [6.45, 7) is 5.57. The van der Waals surface area contributed by atoms with Gasteiger partial charge in [0.15, 0.2) is 0 Å². The van der Waals surface area contributed by atoms with Crippen molar-refractivity contribution in [1.29, 1.82) is 0 Å². The average molecular weight is 301 g/mol. The van der Waals surface area contributed by atoms with Crippen LogP contribution < -0.4 is 11.1 Å². The number of amides is 1. The predicted molar refractivity (Wildman–Crippen MR) is 79.1 cm³/mol. The van der Waals surface area contributed by atoms with Gasteiger partial charge in [-0.25, -0.2) is 9.18 Å². The molecule has 0 saturated carbocycles. The number of anilines is 1. The Morgan fingerprint density at radius 2 is 2.15 bits per heavy atom. The molecule has 0 radical (unpaired) electrons. The van der Waals surface area contributed by atoms with E-state index in [1.807, 2.05) is 0 Å². The van der Waals surface area contributed by atoms with Crippen molar-refractivity contribution in [3.63, 3.8) is 0 Å². The van der Waals surface area contributed by atoms with E-state index in [0.717, 1.165) is 6.07 Å². The number of benzene rings is 1. The standard InChI is InChI=1S/C14H18ClFN2O2/c1-14(2,3)20-13(19)18-6-4-5-9-7-10(15)8-11(16)12(9)17/h4-5,7-8H,6,17H2,1-3H3,(H,18,19). The summed E-state index contributed by atoms with van der Waals surface area (Å²) in [5.74, 6) is -0.572. The molecule has 1 rings (SSSR count). The molecule has 1 aromatic rings. The van der Waals surface area contributed by atoms with Crippen LogP contribution in [0.25, 0.3) is 6.08 Å². The number of nitrogen functional groups attached to an aromatic ring is 1. The Hall–Kier alpha value is -1.75. The Balaban J connectivity index is 2.56. The Morgan fingerprint density at radius 3 is 2.75 bits per heavy atom. The van der Waals surface area contributed by atoms with Crippen LogP contribution in [0, 0.1) is 5.82 Å². The van der Waals surface area contributed by atoms with Gasteiger partial charge in [0, 0.05) is 17.1 Å². The van der Waals surface area contributed by atoms with E-state index in [2.05, 4.69) is 5.32 Å². The Bertz CT molecular complexity index is 525. The topological polar surface area (TPSA) is 64.3 Å². The number of nitrogens with two attached hydrogens (primary N) is 1. The van der Waals surface area contributed by atoms with E-state index in [-0.39, 0.29) is 17.3 Å². The van der Waals surface area contributed by atoms with Gasteiger partial charge < -0.3 is 15.8 Å². The van der Waals surface area contributed by atoms with Crippen molar-refractivity contribution in [1.82, 2.24) is 5.32 Å². The van der Waals surface area contributed by atoms with Gasteiger partial charge in [0.05, 0.1) is 5.69 Å². The number of alkyl carbamates (subject to hydrolysis) is 1. The SMILES string of the molecule is CC(C)(C)OC(=O)NCC=Cc1cc(Cl)cc(F)c1N. The van der Waals surface area contributed by atoms with E-state index in [1.54, 1.807) is 39.0 Å². The van der Waals surface area contributed by atoms with E-state index >= 15 is 0 Å². The maximum Gasteiger partial charge on any atom is 0.407 e. The Kier molecular flexibility index (Phi) is 5.39. The summed E-state index contributed by atoms with van der Waals surface area (Å²) in [4.78, 5) is 11.4. The van der Waals surface area contributed by atoms with Crippen molar-refractivity contribution in [2.45, 2.75) is 26.4 Å². The Labute approximate surface area is 122 Å². The molecular formula is C14H18ClFN2O2. The molecule has 20 heavy (non-hydrogen) atoms. The molecule has 0 atom stereocenters. The highest BCUT2D eigenvalue weighted by Gasteiger charge is 2.15. The van der Waals surface area contributed by atoms with Crippen LogP contribution in [0.15, 0.2) is 18.2 Å². The molecule has 110 valence electrons. The first-order valence-electron chi connectivity index (χ1n) is 6.07. The fourth-order valence-electron chi connectivity index (χ4n) is 1.38. The van der Waals surface area contributed by atoms with E-state index in [1.165, 1.54) is 0 Å². The number of carbonyl (C=O) groups excluding carboxylic acids is 1. The van der Waals surface area contributed by atoms with Crippen molar-refractivity contribution in [3.8, 4) is 0 Å². The molecule has 0 aliphatic carbocycles. The molecule has 6 heteroatoms. The molecule has 0 fully saturated rings. The first kappa shape index (κ1) is 16.3. The van der Waals surface area contributed by atoms with Crippen LogP contribution in [0.1, 0.15) is 26.3 Å². The van der Waals surface area contributed by atoms with Gasteiger partial charge in [-0.2, -0.15) is 0 Å². The number of ether oxygens (including phenoxy) is 1. The molecule has 3 N–H and O–H groups in total. The van der Waals surface area contributed by atoms with Crippen LogP contribution in [0.4, 0.5) is 14.9 Å². The molecule has 0 heterocycles. The molecule has 1 amide bonds. The number of nitrogens with one attached hydrogen (secondary N) is 1. The van der Waals surface area contributed by atoms with Crippen molar-refractivity contribution >= 4 is 29.5 Å². The summed E-state index contributed by atoms with van der Waals surface area (Å²) in [5, 5.41) is 2.80. The largest absolute Gasteiger partial charge is 0.444 e. The molecule has 0 aliphatic heterocycles. The van der Waals surface area contributed by atoms with Gasteiger partial charge in [0.2, 0.25) is 0 Å². The van der Waals surface area contributed by atoms with Gasteiger partial charge in [-0.05, 0) is 32.9 Å². The average Bonchev–Trinajstić information content (AvgIpc) is 2.28. The highest BCUT2D eigenvalue weighted by Crippen LogP contribution is 2.23. The lowest BCUT2D eigenvalue weighted by molar-refractivity contribution is 0.0534. The van der Waals surface area contributed by atoms with E-state index in [0.29, 0.717) is 5.56 Å². The molecule has 0 aromatic heterocycles. The third-order valence-corrected chi connectivity index (χ3v) is 2.41. The minimum absolute atomic E-state index is 0.0166. The highest BCUT2D eigenvalue weighted by molar-refractivity contribution is 6.30. The number of rotatable bonds is 3. The fraction of sp³-hybridized carbons (Fsp3) is 0.357. The zero-order valence-electron chi connectivity index (χ0n) is 11.7. The smallest absolute Gasteiger partial charge is 0.407 e. The Morgan fingerprint density at radius 1 is 1.50 bits per heavy atom. The van der Waals surface area contributed by atoms with Crippen LogP contribution in [0.2, 0.25) is 5.02 Å². The summed E-state index contributed by atoms with van der Waals surface area (Å²) >= 11 is 5.74. The van der Waals surface area contributed by atoms with Crippen molar-refractivity contribution in [2.75, 3.05) is 12.3 Å². The summed E-state index contributed by atoms with van der Waals surface area (Å²) in [5.41, 5.74) is 5.51. The summed E-state index contributed by atoms with van der Waals surface area (Å²) in [6, 6.07) is 2.69. The van der Waals surface area contributed by atoms with Gasteiger partial charge in [-0.3, -0.25) is 0 Å². The second-order valence-electron chi connectivity index (χ2n) is 5.18. The third-order valence-electron chi connectivity index (χ3n) is 2.19. The van der Waals surface area contributed by atoms with E-state index in [4.69, 9.17) is 22.1 Å². The van der Waals surface area contributed by atoms with Gasteiger partial charge in [-0.1, -0.05) is 23.8 Å². The van der Waals surface area contributed by atoms with Gasteiger partial charge in [0.1, 0.15) is 11.4 Å². The van der Waals surface area contributed by atoms with Gasteiger partial charge >= 0.3 is 6.09 Å². The van der Waals surface area contributed by atoms with E-state index in [9.17, 15) is 9.18 Å². The number of hydrogen-bond donors (Lipinski definition) is 2. The number of carbonyl (C=O) groups is 1. The normalized spacial score (nSPS) is 11.7. The highest BCUT2D eigenvalue weighted by atomic mass is 35.5. The van der Waals surface area contributed by atoms with Crippen LogP contribution >= 0.6 is 11.6 Å². The van der Waals surface area contributed by atoms with Crippen LogP contribution in [-0.4, -0.2) is 18.2 Å². The lowest BCUT2D eigenvalue weighted by Crippen LogP contribution is -2.32. The van der Waals surface area contributed by atoms with Crippen LogP contribution in [0.5, 0.6) is 0 Å². The maximum absolute atomic E-state index is 13.3. The van der Waals surface area contributed by atoms with Gasteiger partial charge in [0.25, 0.3) is 0 Å². The molecule has 1 aromatic carbocycles. The van der Waals surface area contributed by atoms with Crippen LogP contribution in [-0.2, 0) is 4.74 Å². The van der Waals surface area contributed by atoms with E-state index < -0.39 is 17.5 Å². The fourth-order valence-corrected chi connectivity index (χ4v) is 1.60. The first-order chi connectivity index (χ1) is 9.19. The second-order valence-corrected chi connectivity index (χ2v) is 5.61. The van der Waals surface area contributed by atoms with Gasteiger partial charge in [-0.15, -0.1) is 0 Å². The molecule has 0 spiro atoms. The molecule has 4 nitrogen and oxygen atoms in total. The minimum atomic E-state index is -0.572. The summed E-state index contributed by atoms with van der Waals surface area (Å²) in [6.07, 6.45) is 2.69. The molecule has 0 bridgehead atoms. The molecule has 0 unspecified atom stereocenters. The summed E-state index contributed by atoms with van der Waals surface area (Å²) in [7, 11) is 0. The third kappa shape index (κ3) is 5.48. The molecular weight excluding hydrogens is 283 g/mol. The number of halogens is 2. The quantitative estimate of drug-likeness (QED) is 0.838. The van der Waals surface area contributed by atoms with Crippen molar-refractivity contribution in [2.24, 2.45) is 0 Å². The van der Waals surface area contributed by atoms with Crippen molar-refractivity contribution < 1.29 is 13.9 Å². The molecule has 0 saturated heterocycles. The predicted octanol–water partition coefficient (Wildman–Crippen LogP) is 3.60. The van der Waals surface area contributed by atoms with Crippen molar-refractivity contribution in [3.05, 3.63) is 34.6 Å². The maximum atomic E-state index is 13.3. The first-order valence-corrected chi connectivity index (χ1v) is 6.45. The monoisotopic (exact) mass is 300 g/mol. The van der Waals surface area contributed by atoms with Crippen LogP contribution in [0.3, 0.4) is 0 Å². The number of hydrogen-bond acceptors (Lipinski definition) is 3. The minimum Gasteiger partial charge on any atom is -0.444 e. The lowest BCUT2D eigenvalue weighted by Gasteiger charge is -2.19. The second kappa shape index (κ2) is 6.61. The zero-order chi connectivity index (χ0) is 15.3. The molecule has 0 aliphatic rings. The zero-order valence-corrected chi connectivity index (χ0v) is 12.4. The lowest BCUT2D eigenvalue weighted by atomic mass is 10.1.